The predicted molar refractivity (Wildman–Crippen MR) is 166 cm³/mol. The molecule has 2 aromatic rings. The average Bonchev–Trinajstić information content (AvgIpc) is 3.08. The second-order valence-electron chi connectivity index (χ2n) is 11.7. The van der Waals surface area contributed by atoms with Gasteiger partial charge in [-0.15, -0.1) is 0 Å². The minimum absolute atomic E-state index is 0.0353. The molecule has 5 rings (SSSR count). The molecule has 2 unspecified atom stereocenters. The fourth-order valence-corrected chi connectivity index (χ4v) is 7.92. The summed E-state index contributed by atoms with van der Waals surface area (Å²) in [5.41, 5.74) is 4.76. The molecular formula is C30H38Br2ClN5O2. The average molecular weight is 696 g/mol. The van der Waals surface area contributed by atoms with E-state index in [1.807, 2.05) is 36.2 Å². The first-order valence-electron chi connectivity index (χ1n) is 14.3. The molecule has 1 aliphatic carbocycles. The van der Waals surface area contributed by atoms with Gasteiger partial charge >= 0.3 is 0 Å². The van der Waals surface area contributed by atoms with Crippen molar-refractivity contribution >= 4 is 55.3 Å². The van der Waals surface area contributed by atoms with Gasteiger partial charge in [-0.3, -0.25) is 19.5 Å². The number of rotatable bonds is 6. The van der Waals surface area contributed by atoms with Gasteiger partial charge in [-0.1, -0.05) is 27.5 Å². The van der Waals surface area contributed by atoms with E-state index in [4.69, 9.17) is 16.6 Å². The van der Waals surface area contributed by atoms with Gasteiger partial charge in [0.2, 0.25) is 11.8 Å². The Morgan fingerprint density at radius 3 is 2.58 bits per heavy atom. The number of piperidine rings is 2. The number of likely N-dealkylation sites (tertiary alicyclic amines) is 2. The van der Waals surface area contributed by atoms with Crippen LogP contribution in [-0.4, -0.2) is 84.9 Å². The number of nitrogens with zero attached hydrogens (tertiary/aromatic N) is 4. The Hall–Kier alpha value is -1.52. The number of benzene rings is 1. The molecule has 2 fully saturated rings. The lowest BCUT2D eigenvalue weighted by Gasteiger charge is -2.39. The Kier molecular flexibility index (Phi) is 9.88. The highest BCUT2D eigenvalue weighted by molar-refractivity contribution is 9.10. The molecule has 216 valence electrons. The summed E-state index contributed by atoms with van der Waals surface area (Å²) in [6, 6.07) is 6.21. The van der Waals surface area contributed by atoms with E-state index in [0.717, 1.165) is 77.8 Å². The second-order valence-corrected chi connectivity index (χ2v) is 13.9. The van der Waals surface area contributed by atoms with Crippen LogP contribution in [-0.2, 0) is 22.4 Å². The summed E-state index contributed by atoms with van der Waals surface area (Å²) in [4.78, 5) is 37.0. The maximum Gasteiger partial charge on any atom is 0.236 e. The lowest BCUT2D eigenvalue weighted by Crippen LogP contribution is -2.47. The smallest absolute Gasteiger partial charge is 0.236 e. The fourth-order valence-electron chi connectivity index (χ4n) is 6.45. The zero-order chi connectivity index (χ0) is 28.4. The van der Waals surface area contributed by atoms with Crippen molar-refractivity contribution in [2.24, 2.45) is 11.8 Å². The van der Waals surface area contributed by atoms with E-state index in [9.17, 15) is 9.59 Å². The zero-order valence-corrected chi connectivity index (χ0v) is 27.2. The number of pyridine rings is 1. The monoisotopic (exact) mass is 693 g/mol. The Morgan fingerprint density at radius 2 is 1.82 bits per heavy atom. The molecule has 2 amide bonds. The van der Waals surface area contributed by atoms with Crippen molar-refractivity contribution in [1.29, 1.82) is 0 Å². The van der Waals surface area contributed by atoms with Gasteiger partial charge in [0.1, 0.15) is 0 Å². The number of nitrogens with one attached hydrogen (secondary N) is 1. The zero-order valence-electron chi connectivity index (χ0n) is 23.3. The first kappa shape index (κ1) is 30.0. The number of carbonyl (C=O) groups is 2. The Bertz CT molecular complexity index is 1250. The maximum atomic E-state index is 13.4. The van der Waals surface area contributed by atoms with Crippen LogP contribution in [0.2, 0.25) is 5.02 Å². The molecule has 1 aromatic carbocycles. The van der Waals surface area contributed by atoms with Gasteiger partial charge in [-0.05, 0) is 116 Å². The number of aryl methyl sites for hydroxylation is 2. The molecule has 0 bridgehead atoms. The highest BCUT2D eigenvalue weighted by Crippen LogP contribution is 2.42. The van der Waals surface area contributed by atoms with Crippen molar-refractivity contribution in [3.63, 3.8) is 0 Å². The maximum absolute atomic E-state index is 13.4. The number of likely N-dealkylation sites (N-methyl/N-ethyl adjacent to an activating group) is 1. The molecular weight excluding hydrogens is 658 g/mol. The predicted octanol–water partition coefficient (Wildman–Crippen LogP) is 5.08. The molecule has 40 heavy (non-hydrogen) atoms. The van der Waals surface area contributed by atoms with Gasteiger partial charge in [-0.2, -0.15) is 0 Å². The number of hydrogen-bond acceptors (Lipinski definition) is 5. The Morgan fingerprint density at radius 1 is 1.07 bits per heavy atom. The van der Waals surface area contributed by atoms with Gasteiger partial charge in [0.05, 0.1) is 24.2 Å². The van der Waals surface area contributed by atoms with Gasteiger partial charge in [0.15, 0.2) is 0 Å². The summed E-state index contributed by atoms with van der Waals surface area (Å²) in [6.07, 6.45) is 7.40. The molecule has 1 aromatic heterocycles. The van der Waals surface area contributed by atoms with Crippen LogP contribution >= 0.6 is 43.5 Å². The fraction of sp³-hybridized carbons (Fsp3) is 0.567. The lowest BCUT2D eigenvalue weighted by molar-refractivity contribution is -0.133. The van der Waals surface area contributed by atoms with Gasteiger partial charge in [0.25, 0.3) is 0 Å². The van der Waals surface area contributed by atoms with E-state index in [-0.39, 0.29) is 23.8 Å². The number of carbonyl (C=O) groups excluding carboxylic acids is 2. The molecule has 2 atom stereocenters. The molecule has 2 aliphatic heterocycles. The number of aromatic nitrogens is 1. The van der Waals surface area contributed by atoms with Crippen molar-refractivity contribution in [3.8, 4) is 0 Å². The molecule has 10 heteroatoms. The first-order valence-corrected chi connectivity index (χ1v) is 16.2. The summed E-state index contributed by atoms with van der Waals surface area (Å²) in [5, 5.41) is 4.00. The van der Waals surface area contributed by atoms with E-state index in [1.54, 1.807) is 0 Å². The highest BCUT2D eigenvalue weighted by Gasteiger charge is 2.36. The third-order valence-corrected chi connectivity index (χ3v) is 9.82. The SMILES string of the molecule is CN(C)CC(=O)N1CCC(CNC(=O)C2CCCN(C3c4ncc(Br)cc4CCc4cc(Cl)cc(Br)c43)C2)CC1. The number of halogens is 3. The molecule has 3 heterocycles. The van der Waals surface area contributed by atoms with Crippen LogP contribution < -0.4 is 5.32 Å². The van der Waals surface area contributed by atoms with Crippen LogP contribution in [0.3, 0.4) is 0 Å². The van der Waals surface area contributed by atoms with Crippen molar-refractivity contribution < 1.29 is 9.59 Å². The van der Waals surface area contributed by atoms with Crippen molar-refractivity contribution in [1.82, 2.24) is 25.0 Å². The van der Waals surface area contributed by atoms with Gasteiger partial charge in [0, 0.05) is 46.3 Å². The summed E-state index contributed by atoms with van der Waals surface area (Å²) >= 11 is 13.9. The van der Waals surface area contributed by atoms with Crippen LogP contribution in [0.4, 0.5) is 0 Å². The summed E-state index contributed by atoms with van der Waals surface area (Å²) < 4.78 is 1.98. The van der Waals surface area contributed by atoms with E-state index < -0.39 is 0 Å². The topological polar surface area (TPSA) is 68.8 Å². The van der Waals surface area contributed by atoms with Crippen LogP contribution in [0.5, 0.6) is 0 Å². The second kappa shape index (κ2) is 13.2. The molecule has 0 radical (unpaired) electrons. The minimum Gasteiger partial charge on any atom is -0.356 e. The van der Waals surface area contributed by atoms with E-state index in [2.05, 4.69) is 54.2 Å². The van der Waals surface area contributed by atoms with Gasteiger partial charge in [-0.25, -0.2) is 0 Å². The van der Waals surface area contributed by atoms with Crippen molar-refractivity contribution in [3.05, 3.63) is 60.7 Å². The normalized spacial score (nSPS) is 22.0. The third kappa shape index (κ3) is 6.92. The quantitative estimate of drug-likeness (QED) is 0.457. The molecule has 3 aliphatic rings. The Labute approximate surface area is 259 Å². The van der Waals surface area contributed by atoms with Crippen LogP contribution in [0.25, 0.3) is 0 Å². The Balaban J connectivity index is 1.26. The van der Waals surface area contributed by atoms with E-state index >= 15 is 0 Å². The standard InChI is InChI=1S/C30H38Br2ClN5O2/c1-36(2)18-26(39)37-10-7-19(8-11-37)15-35-30(40)22-4-3-9-38(17-22)29-27-20(13-24(33)14-25(27)32)5-6-21-12-23(31)16-34-28(21)29/h12-14,16,19,22,29H,3-11,15,17-18H2,1-2H3,(H,35,40). The molecule has 1 N–H and O–H groups in total. The van der Waals surface area contributed by atoms with Crippen LogP contribution in [0.1, 0.15) is 54.1 Å². The lowest BCUT2D eigenvalue weighted by atomic mass is 9.90. The summed E-state index contributed by atoms with van der Waals surface area (Å²) in [5.74, 6) is 0.680. The molecule has 0 saturated carbocycles. The van der Waals surface area contributed by atoms with Crippen molar-refractivity contribution in [2.45, 2.75) is 44.6 Å². The van der Waals surface area contributed by atoms with E-state index in [0.29, 0.717) is 25.6 Å². The van der Waals surface area contributed by atoms with E-state index in [1.165, 1.54) is 16.7 Å². The number of amides is 2. The van der Waals surface area contributed by atoms with Crippen LogP contribution in [0.15, 0.2) is 33.3 Å². The molecule has 2 saturated heterocycles. The largest absolute Gasteiger partial charge is 0.356 e. The third-order valence-electron chi connectivity index (χ3n) is 8.52. The highest BCUT2D eigenvalue weighted by atomic mass is 79.9. The number of hydrogen-bond donors (Lipinski definition) is 1. The minimum atomic E-state index is -0.0628. The summed E-state index contributed by atoms with van der Waals surface area (Å²) in [6.45, 7) is 4.28. The van der Waals surface area contributed by atoms with Crippen LogP contribution in [0, 0.1) is 11.8 Å². The summed E-state index contributed by atoms with van der Waals surface area (Å²) in [7, 11) is 3.84. The van der Waals surface area contributed by atoms with Gasteiger partial charge < -0.3 is 15.1 Å². The first-order chi connectivity index (χ1) is 19.2. The van der Waals surface area contributed by atoms with Crippen molar-refractivity contribution in [2.75, 3.05) is 53.4 Å². The molecule has 7 nitrogen and oxygen atoms in total. The number of fused-ring (bicyclic) bond motifs is 2. The molecule has 0 spiro atoms.